The summed E-state index contributed by atoms with van der Waals surface area (Å²) in [6.45, 7) is 0.294. The maximum atomic E-state index is 12.1. The van der Waals surface area contributed by atoms with Crippen LogP contribution in [0, 0.1) is 10.1 Å². The highest BCUT2D eigenvalue weighted by atomic mass is 16.6. The predicted octanol–water partition coefficient (Wildman–Crippen LogP) is 2.19. The number of carbonyl (C=O) groups is 2. The van der Waals surface area contributed by atoms with Gasteiger partial charge in [-0.15, -0.1) is 0 Å². The van der Waals surface area contributed by atoms with Crippen LogP contribution in [-0.2, 0) is 16.1 Å². The SMILES string of the molecule is CN(Cc1ccccc1)C(=O)C(=O)Nc1cccc([N+](=O)[O-])c1. The lowest BCUT2D eigenvalue weighted by Crippen LogP contribution is -2.36. The summed E-state index contributed by atoms with van der Waals surface area (Å²) in [5.74, 6) is -1.57. The maximum Gasteiger partial charge on any atom is 0.313 e. The van der Waals surface area contributed by atoms with E-state index in [1.54, 1.807) is 0 Å². The Labute approximate surface area is 132 Å². The molecule has 7 nitrogen and oxygen atoms in total. The number of nitro groups is 1. The Morgan fingerprint density at radius 2 is 1.83 bits per heavy atom. The van der Waals surface area contributed by atoms with E-state index in [0.717, 1.165) is 5.56 Å². The van der Waals surface area contributed by atoms with Gasteiger partial charge in [0.15, 0.2) is 0 Å². The molecule has 2 amide bonds. The molecular weight excluding hydrogens is 298 g/mol. The molecule has 0 heterocycles. The first kappa shape index (κ1) is 16.2. The zero-order chi connectivity index (χ0) is 16.8. The Morgan fingerprint density at radius 1 is 1.13 bits per heavy atom. The number of nitrogens with zero attached hydrogens (tertiary/aromatic N) is 2. The minimum absolute atomic E-state index is 0.159. The van der Waals surface area contributed by atoms with Gasteiger partial charge in [0, 0.05) is 31.4 Å². The van der Waals surface area contributed by atoms with E-state index in [-0.39, 0.29) is 11.4 Å². The second-order valence-electron chi connectivity index (χ2n) is 4.91. The van der Waals surface area contributed by atoms with Gasteiger partial charge in [0.05, 0.1) is 4.92 Å². The highest BCUT2D eigenvalue weighted by Gasteiger charge is 2.19. The average molecular weight is 313 g/mol. The van der Waals surface area contributed by atoms with Gasteiger partial charge in [-0.2, -0.15) is 0 Å². The van der Waals surface area contributed by atoms with E-state index in [9.17, 15) is 19.7 Å². The lowest BCUT2D eigenvalue weighted by molar-refractivity contribution is -0.384. The van der Waals surface area contributed by atoms with Gasteiger partial charge in [-0.3, -0.25) is 19.7 Å². The highest BCUT2D eigenvalue weighted by Crippen LogP contribution is 2.17. The molecule has 0 bridgehead atoms. The quantitative estimate of drug-likeness (QED) is 0.532. The number of carbonyl (C=O) groups excluding carboxylic acids is 2. The fraction of sp³-hybridized carbons (Fsp3) is 0.125. The average Bonchev–Trinajstić information content (AvgIpc) is 2.55. The van der Waals surface area contributed by atoms with E-state index in [2.05, 4.69) is 5.32 Å². The van der Waals surface area contributed by atoms with Crippen molar-refractivity contribution in [3.05, 3.63) is 70.3 Å². The summed E-state index contributed by atoms with van der Waals surface area (Å²) >= 11 is 0. The summed E-state index contributed by atoms with van der Waals surface area (Å²) in [5.41, 5.74) is 0.935. The van der Waals surface area contributed by atoms with E-state index < -0.39 is 16.7 Å². The number of anilines is 1. The first-order valence-corrected chi connectivity index (χ1v) is 6.82. The van der Waals surface area contributed by atoms with E-state index in [1.807, 2.05) is 30.3 Å². The Morgan fingerprint density at radius 3 is 2.48 bits per heavy atom. The van der Waals surface area contributed by atoms with Crippen LogP contribution in [0.25, 0.3) is 0 Å². The van der Waals surface area contributed by atoms with Crippen molar-refractivity contribution in [2.75, 3.05) is 12.4 Å². The van der Waals surface area contributed by atoms with Crippen LogP contribution in [0.15, 0.2) is 54.6 Å². The van der Waals surface area contributed by atoms with Gasteiger partial charge in [0.25, 0.3) is 5.69 Å². The van der Waals surface area contributed by atoms with E-state index in [1.165, 1.54) is 36.2 Å². The third kappa shape index (κ3) is 4.37. The molecule has 23 heavy (non-hydrogen) atoms. The molecule has 0 aliphatic carbocycles. The second-order valence-corrected chi connectivity index (χ2v) is 4.91. The van der Waals surface area contributed by atoms with Gasteiger partial charge in [0.1, 0.15) is 0 Å². The van der Waals surface area contributed by atoms with Crippen LogP contribution in [0.2, 0.25) is 0 Å². The molecule has 1 N–H and O–H groups in total. The molecular formula is C16H15N3O4. The van der Waals surface area contributed by atoms with Crippen LogP contribution >= 0.6 is 0 Å². The molecule has 118 valence electrons. The fourth-order valence-electron chi connectivity index (χ4n) is 1.98. The molecule has 0 unspecified atom stereocenters. The van der Waals surface area contributed by atoms with Crippen molar-refractivity contribution in [1.82, 2.24) is 4.90 Å². The molecule has 0 radical (unpaired) electrons. The first-order chi connectivity index (χ1) is 11.0. The number of nitrogens with one attached hydrogen (secondary N) is 1. The lowest BCUT2D eigenvalue weighted by Gasteiger charge is -2.16. The third-order valence-corrected chi connectivity index (χ3v) is 3.12. The Bertz CT molecular complexity index is 731. The maximum absolute atomic E-state index is 12.1. The van der Waals surface area contributed by atoms with Crippen LogP contribution in [0.1, 0.15) is 5.56 Å². The van der Waals surface area contributed by atoms with Gasteiger partial charge in [0.2, 0.25) is 0 Å². The molecule has 0 atom stereocenters. The number of hydrogen-bond donors (Lipinski definition) is 1. The van der Waals surface area contributed by atoms with Gasteiger partial charge in [-0.25, -0.2) is 0 Å². The van der Waals surface area contributed by atoms with Crippen molar-refractivity contribution in [3.8, 4) is 0 Å². The zero-order valence-electron chi connectivity index (χ0n) is 12.4. The summed E-state index contributed by atoms with van der Waals surface area (Å²) in [7, 11) is 1.52. The van der Waals surface area contributed by atoms with Gasteiger partial charge in [-0.05, 0) is 11.6 Å². The number of benzene rings is 2. The van der Waals surface area contributed by atoms with Crippen LogP contribution in [0.3, 0.4) is 0 Å². The number of nitro benzene ring substituents is 1. The van der Waals surface area contributed by atoms with Crippen LogP contribution in [0.4, 0.5) is 11.4 Å². The molecule has 0 saturated heterocycles. The standard InChI is InChI=1S/C16H15N3O4/c1-18(11-12-6-3-2-4-7-12)16(21)15(20)17-13-8-5-9-14(10-13)19(22)23/h2-10H,11H2,1H3,(H,17,20). The van der Waals surface area contributed by atoms with Gasteiger partial charge in [-0.1, -0.05) is 36.4 Å². The van der Waals surface area contributed by atoms with Gasteiger partial charge >= 0.3 is 11.8 Å². The molecule has 0 aromatic heterocycles. The third-order valence-electron chi connectivity index (χ3n) is 3.12. The van der Waals surface area contributed by atoms with Crippen molar-refractivity contribution < 1.29 is 14.5 Å². The van der Waals surface area contributed by atoms with Gasteiger partial charge < -0.3 is 10.2 Å². The van der Waals surface area contributed by atoms with E-state index in [4.69, 9.17) is 0 Å². The summed E-state index contributed by atoms with van der Waals surface area (Å²) in [4.78, 5) is 35.4. The minimum atomic E-state index is -0.844. The molecule has 0 aliphatic heterocycles. The largest absolute Gasteiger partial charge is 0.333 e. The lowest BCUT2D eigenvalue weighted by atomic mass is 10.2. The zero-order valence-corrected chi connectivity index (χ0v) is 12.4. The number of hydrogen-bond acceptors (Lipinski definition) is 4. The van der Waals surface area contributed by atoms with Crippen molar-refractivity contribution in [2.45, 2.75) is 6.54 Å². The smallest absolute Gasteiger partial charge is 0.313 e. The van der Waals surface area contributed by atoms with Crippen molar-refractivity contribution in [1.29, 1.82) is 0 Å². The minimum Gasteiger partial charge on any atom is -0.333 e. The Kier molecular flexibility index (Phi) is 5.03. The van der Waals surface area contributed by atoms with Crippen LogP contribution < -0.4 is 5.32 Å². The molecule has 2 aromatic carbocycles. The molecule has 0 fully saturated rings. The summed E-state index contributed by atoms with van der Waals surface area (Å²) in [6.07, 6.45) is 0. The van der Waals surface area contributed by atoms with Crippen molar-refractivity contribution in [3.63, 3.8) is 0 Å². The molecule has 2 aromatic rings. The first-order valence-electron chi connectivity index (χ1n) is 6.82. The molecule has 0 spiro atoms. The van der Waals surface area contributed by atoms with E-state index in [0.29, 0.717) is 6.54 Å². The summed E-state index contributed by atoms with van der Waals surface area (Å²) in [5, 5.41) is 13.1. The van der Waals surface area contributed by atoms with Crippen LogP contribution in [-0.4, -0.2) is 28.7 Å². The highest BCUT2D eigenvalue weighted by molar-refractivity contribution is 6.39. The topological polar surface area (TPSA) is 92.6 Å². The van der Waals surface area contributed by atoms with Crippen molar-refractivity contribution in [2.24, 2.45) is 0 Å². The molecule has 7 heteroatoms. The Balaban J connectivity index is 2.01. The number of likely N-dealkylation sites (N-methyl/N-ethyl adjacent to an activating group) is 1. The monoisotopic (exact) mass is 313 g/mol. The fourth-order valence-corrected chi connectivity index (χ4v) is 1.98. The summed E-state index contributed by atoms with van der Waals surface area (Å²) in [6, 6.07) is 14.7. The van der Waals surface area contributed by atoms with Crippen LogP contribution in [0.5, 0.6) is 0 Å². The number of rotatable bonds is 4. The number of amides is 2. The molecule has 0 aliphatic rings. The molecule has 0 saturated carbocycles. The van der Waals surface area contributed by atoms with E-state index >= 15 is 0 Å². The molecule has 2 rings (SSSR count). The summed E-state index contributed by atoms with van der Waals surface area (Å²) < 4.78 is 0. The second kappa shape index (κ2) is 7.17. The predicted molar refractivity (Wildman–Crippen MR) is 84.6 cm³/mol. The number of non-ortho nitro benzene ring substituents is 1. The van der Waals surface area contributed by atoms with Crippen molar-refractivity contribution >= 4 is 23.2 Å². The Hall–Kier alpha value is -3.22. The normalized spacial score (nSPS) is 9.96.